The zero-order valence-electron chi connectivity index (χ0n) is 51.1. The van der Waals surface area contributed by atoms with Crippen molar-refractivity contribution in [3.05, 3.63) is 208 Å². The average Bonchev–Trinajstić information content (AvgIpc) is 4.27. The Kier molecular flexibility index (Phi) is 8.21. The normalized spacial score (nSPS) is 18.6. The first-order chi connectivity index (χ1) is 37.6. The second-order valence-corrected chi connectivity index (χ2v) is 15.0. The first-order valence-corrected chi connectivity index (χ1v) is 20.4. The molecule has 6 heteroatoms. The quantitative estimate of drug-likeness (QED) is 0.108. The second-order valence-electron chi connectivity index (χ2n) is 15.0. The van der Waals surface area contributed by atoms with Gasteiger partial charge in [-0.25, -0.2) is 0 Å². The topological polar surface area (TPSA) is 75.6 Å². The molecule has 0 radical (unpaired) electrons. The number of rotatable bonds is 13. The first kappa shape index (κ1) is 27.0. The minimum absolute atomic E-state index is 0. The van der Waals surface area contributed by atoms with E-state index in [-0.39, 0.29) is 83.5 Å². The van der Waals surface area contributed by atoms with Crippen LogP contribution in [0.3, 0.4) is 0 Å². The molecule has 0 unspecified atom stereocenters. The van der Waals surface area contributed by atoms with Gasteiger partial charge in [-0.15, -0.1) is 90.0 Å². The Morgan fingerprint density at radius 1 is 0.672 bits per heavy atom. The van der Waals surface area contributed by atoms with Crippen molar-refractivity contribution >= 4 is 21.9 Å². The summed E-state index contributed by atoms with van der Waals surface area (Å²) < 4.78 is 164. The van der Waals surface area contributed by atoms with Gasteiger partial charge in [0.25, 0.3) is 0 Å². The summed E-state index contributed by atoms with van der Waals surface area (Å²) >= 11 is 0. The summed E-state index contributed by atoms with van der Waals surface area (Å²) in [5.74, 6) is -1.53. The van der Waals surface area contributed by atoms with Crippen LogP contribution in [0.5, 0.6) is 0 Å². The van der Waals surface area contributed by atoms with E-state index in [1.807, 2.05) is 6.07 Å². The molecule has 10 rings (SSSR count). The van der Waals surface area contributed by atoms with Gasteiger partial charge >= 0.3 is 20.1 Å². The summed E-state index contributed by atoms with van der Waals surface area (Å²) in [6.45, 7) is -2.86. The molecule has 0 atom stereocenters. The summed E-state index contributed by atoms with van der Waals surface area (Å²) in [4.78, 5) is 13.4. The fourth-order valence-electron chi connectivity index (χ4n) is 7.71. The van der Waals surface area contributed by atoms with Crippen LogP contribution in [-0.4, -0.2) is 15.0 Å². The van der Waals surface area contributed by atoms with Crippen molar-refractivity contribution in [1.29, 1.82) is 5.26 Å². The van der Waals surface area contributed by atoms with Crippen molar-refractivity contribution in [2.45, 2.75) is 76.7 Å². The van der Waals surface area contributed by atoms with Crippen LogP contribution in [0.2, 0.25) is 0 Å². The Balaban J connectivity index is 0.00000792. The standard InChI is InChI=1S/C58H47N4O.Ir/c1-39-48(35-59)27-28-51-50-17-10-18-52(58(50)63-57(39)51)56-34-53(45-11-8-9-12-45)49(38-62-56)26-23-44-32-42(21-19-40-24-29-54(60-36-40)46-13-4-2-5-14-46)31-43(33-44)22-20-41-25-30-55(61-37-41)47-15-6-3-7-16-47;/h2-7,10,13,15,17,24-25,27-34,36-38,45H,8-9,11-12,19-23,26H2,1H3;/q-3;+3/i1D3,19D2,20D2,21D2,22D2,23D2,26D2,27D,45D;. The Morgan fingerprint density at radius 3 is 1.83 bits per heavy atom. The maximum absolute atomic E-state index is 9.91. The molecule has 0 bridgehead atoms. The van der Waals surface area contributed by atoms with E-state index in [2.05, 4.69) is 33.2 Å². The Labute approximate surface area is 413 Å². The number of fused-ring (bicyclic) bond motifs is 3. The first-order valence-electron chi connectivity index (χ1n) is 28.9. The van der Waals surface area contributed by atoms with Gasteiger partial charge in [0.2, 0.25) is 0 Å². The number of aryl methyl sites for hydroxylation is 7. The average molecular weight is 1030 g/mol. The molecule has 0 amide bonds. The molecule has 0 aliphatic heterocycles. The van der Waals surface area contributed by atoms with Gasteiger partial charge in [-0.3, -0.25) is 0 Å². The fourth-order valence-corrected chi connectivity index (χ4v) is 7.71. The number of hydrogen-bond donors (Lipinski definition) is 0. The van der Waals surface area contributed by atoms with Gasteiger partial charge in [-0.05, 0) is 126 Å². The zero-order valence-corrected chi connectivity index (χ0v) is 36.5. The molecule has 4 aromatic heterocycles. The number of aromatic nitrogens is 3. The van der Waals surface area contributed by atoms with Crippen LogP contribution in [0, 0.1) is 36.4 Å². The number of nitrogens with zero attached hydrogens (tertiary/aromatic N) is 4. The predicted octanol–water partition coefficient (Wildman–Crippen LogP) is 13.4. The van der Waals surface area contributed by atoms with Crippen molar-refractivity contribution in [2.75, 3.05) is 0 Å². The number of furan rings is 1. The summed E-state index contributed by atoms with van der Waals surface area (Å²) in [5.41, 5.74) is -1.60. The van der Waals surface area contributed by atoms with Crippen LogP contribution in [0.25, 0.3) is 55.7 Å². The molecule has 4 heterocycles. The molecule has 0 N–H and O–H groups in total. The zero-order chi connectivity index (χ0) is 57.6. The molecule has 314 valence electrons. The fraction of sp³-hybridized carbons (Fsp3) is 0.207. The maximum atomic E-state index is 9.91. The molecule has 0 saturated heterocycles. The van der Waals surface area contributed by atoms with E-state index in [0.29, 0.717) is 40.7 Å². The monoisotopic (exact) mass is 1030 g/mol. The third-order valence-electron chi connectivity index (χ3n) is 10.9. The number of benzene rings is 5. The van der Waals surface area contributed by atoms with E-state index in [0.717, 1.165) is 36.8 Å². The Bertz CT molecular complexity index is 3750. The van der Waals surface area contributed by atoms with Crippen molar-refractivity contribution in [3.63, 3.8) is 0 Å². The van der Waals surface area contributed by atoms with E-state index >= 15 is 0 Å². The van der Waals surface area contributed by atoms with Gasteiger partial charge in [0.1, 0.15) is 5.58 Å². The van der Waals surface area contributed by atoms with Crippen molar-refractivity contribution < 1.29 is 47.8 Å². The number of pyridine rings is 3. The SMILES string of the molecule is [2H]c1cc2c(oc3c(-c4cc(C5([2H])CCCC5)c(C([2H])([2H])C([2H])([2H])c5cc(C([2H])([2H])C([2H])([2H])c6ccc(-c7[c-]cccc7)nc6)cc(C([2H])([2H])C([2H])([2H])c6ccc(-c7[c-]cccc7)nc6)c5)cn4)[c-]ccc32)c(C([2H])([2H])[2H])c1C#N.[Ir+3]. The van der Waals surface area contributed by atoms with Gasteiger partial charge in [0, 0.05) is 51.5 Å². The maximum Gasteiger partial charge on any atom is 3.00 e. The number of nitriles is 1. The predicted molar refractivity (Wildman–Crippen MR) is 252 cm³/mol. The third-order valence-corrected chi connectivity index (χ3v) is 10.9. The Hall–Kier alpha value is -6.51. The van der Waals surface area contributed by atoms with E-state index in [1.165, 1.54) is 42.5 Å². The van der Waals surface area contributed by atoms with Gasteiger partial charge in [0.15, 0.2) is 0 Å². The number of hydrogen-bond acceptors (Lipinski definition) is 5. The molecule has 1 saturated carbocycles. The van der Waals surface area contributed by atoms with Crippen molar-refractivity contribution in [3.8, 4) is 39.8 Å². The van der Waals surface area contributed by atoms with E-state index in [9.17, 15) is 23.1 Å². The molecular weight excluding hydrogens is 961 g/mol. The second kappa shape index (κ2) is 19.5. The molecule has 5 aromatic carbocycles. The molecule has 1 fully saturated rings. The Morgan fingerprint density at radius 2 is 1.27 bits per heavy atom. The summed E-state index contributed by atoms with van der Waals surface area (Å²) in [6.07, 6.45) is -14.0. The van der Waals surface area contributed by atoms with Crippen LogP contribution in [0.4, 0.5) is 0 Å². The van der Waals surface area contributed by atoms with E-state index in [1.54, 1.807) is 54.6 Å². The van der Waals surface area contributed by atoms with Crippen LogP contribution in [0.15, 0.2) is 144 Å². The van der Waals surface area contributed by atoms with Crippen LogP contribution in [0.1, 0.15) is 105 Å². The summed E-state index contributed by atoms with van der Waals surface area (Å²) in [6, 6.07) is 38.7. The summed E-state index contributed by atoms with van der Waals surface area (Å²) in [7, 11) is 0. The molecule has 9 aromatic rings. The van der Waals surface area contributed by atoms with Gasteiger partial charge in [-0.1, -0.05) is 78.4 Å². The van der Waals surface area contributed by atoms with Crippen LogP contribution in [-0.2, 0) is 58.3 Å². The van der Waals surface area contributed by atoms with Crippen molar-refractivity contribution in [2.24, 2.45) is 0 Å². The largest absolute Gasteiger partial charge is 3.00 e. The van der Waals surface area contributed by atoms with E-state index in [4.69, 9.17) is 9.90 Å². The van der Waals surface area contributed by atoms with Gasteiger partial charge in [0.05, 0.1) is 18.6 Å². The van der Waals surface area contributed by atoms with Crippen LogP contribution >= 0.6 is 0 Å². The molecule has 1 aliphatic rings. The van der Waals surface area contributed by atoms with Gasteiger partial charge in [-0.2, -0.15) is 5.26 Å². The molecule has 0 spiro atoms. The molecular formula is C58H47IrN4O. The molecule has 64 heavy (non-hydrogen) atoms. The van der Waals surface area contributed by atoms with Gasteiger partial charge < -0.3 is 19.4 Å². The van der Waals surface area contributed by atoms with Crippen LogP contribution < -0.4 is 0 Å². The minimum atomic E-state index is -3.32. The smallest absolute Gasteiger partial charge is 0.500 e. The third kappa shape index (κ3) is 9.25. The molecule has 1 aliphatic carbocycles. The minimum Gasteiger partial charge on any atom is -0.500 e. The van der Waals surface area contributed by atoms with Crippen molar-refractivity contribution in [1.82, 2.24) is 15.0 Å². The van der Waals surface area contributed by atoms with E-state index < -0.39 is 84.4 Å². The summed E-state index contributed by atoms with van der Waals surface area (Å²) in [5, 5.41) is 10.5. The molecule has 5 nitrogen and oxygen atoms in total.